The van der Waals surface area contributed by atoms with Gasteiger partial charge >= 0.3 is 0 Å². The van der Waals surface area contributed by atoms with Crippen molar-refractivity contribution in [2.75, 3.05) is 6.61 Å². The Morgan fingerprint density at radius 1 is 1.58 bits per heavy atom. The molecule has 1 aromatic rings. The highest BCUT2D eigenvalue weighted by molar-refractivity contribution is 14.1. The number of aromatic amines is 1. The number of H-pyrrole nitrogens is 1. The molecular formula is C8H13IN2O. The molecule has 0 atom stereocenters. The Kier molecular flexibility index (Phi) is 3.52. The summed E-state index contributed by atoms with van der Waals surface area (Å²) in [5.41, 5.74) is 1.17. The van der Waals surface area contributed by atoms with Gasteiger partial charge in [0.05, 0.1) is 12.3 Å². The molecule has 2 N–H and O–H groups in total. The van der Waals surface area contributed by atoms with Crippen LogP contribution in [0, 0.1) is 3.70 Å². The summed E-state index contributed by atoms with van der Waals surface area (Å²) in [7, 11) is 0. The van der Waals surface area contributed by atoms with Crippen molar-refractivity contribution in [1.82, 2.24) is 9.97 Å². The van der Waals surface area contributed by atoms with Gasteiger partial charge in [-0.3, -0.25) is 0 Å². The molecule has 0 fully saturated rings. The number of hydrogen-bond acceptors (Lipinski definition) is 2. The standard InChI is InChI=1S/C8H13IN2O/c1-5(2)7-8(9)11-6(10-7)3-4-12/h5,12H,3-4H2,1-2H3,(H,10,11). The van der Waals surface area contributed by atoms with Gasteiger partial charge in [-0.2, -0.15) is 0 Å². The minimum absolute atomic E-state index is 0.154. The Balaban J connectivity index is 2.85. The summed E-state index contributed by atoms with van der Waals surface area (Å²) in [6.07, 6.45) is 0.614. The number of rotatable bonds is 3. The summed E-state index contributed by atoms with van der Waals surface area (Å²) in [4.78, 5) is 7.50. The molecule has 0 unspecified atom stereocenters. The van der Waals surface area contributed by atoms with Crippen molar-refractivity contribution in [3.8, 4) is 0 Å². The lowest BCUT2D eigenvalue weighted by Gasteiger charge is -1.99. The molecule has 0 spiro atoms. The summed E-state index contributed by atoms with van der Waals surface area (Å²) in [5, 5.41) is 8.70. The van der Waals surface area contributed by atoms with E-state index in [0.29, 0.717) is 12.3 Å². The van der Waals surface area contributed by atoms with Gasteiger partial charge in [-0.05, 0) is 28.5 Å². The van der Waals surface area contributed by atoms with Gasteiger partial charge in [0, 0.05) is 6.42 Å². The number of aromatic nitrogens is 2. The Bertz CT molecular complexity index is 258. The Hall–Kier alpha value is -0.100. The highest BCUT2D eigenvalue weighted by Gasteiger charge is 2.09. The largest absolute Gasteiger partial charge is 0.396 e. The van der Waals surface area contributed by atoms with Crippen LogP contribution in [0.15, 0.2) is 0 Å². The van der Waals surface area contributed by atoms with Gasteiger partial charge < -0.3 is 10.1 Å². The molecule has 0 aliphatic rings. The lowest BCUT2D eigenvalue weighted by Crippen LogP contribution is -1.93. The average Bonchev–Trinajstić information content (AvgIpc) is 2.32. The molecule has 1 rings (SSSR count). The van der Waals surface area contributed by atoms with Crippen LogP contribution in [0.2, 0.25) is 0 Å². The fraction of sp³-hybridized carbons (Fsp3) is 0.625. The third kappa shape index (κ3) is 2.20. The van der Waals surface area contributed by atoms with E-state index in [1.54, 1.807) is 0 Å². The van der Waals surface area contributed by atoms with E-state index in [-0.39, 0.29) is 6.61 Å². The minimum Gasteiger partial charge on any atom is -0.396 e. The van der Waals surface area contributed by atoms with Crippen molar-refractivity contribution in [2.24, 2.45) is 0 Å². The lowest BCUT2D eigenvalue weighted by molar-refractivity contribution is 0.297. The SMILES string of the molecule is CC(C)c1[nH]c(CCO)nc1I. The first-order chi connectivity index (χ1) is 5.65. The predicted molar refractivity (Wildman–Crippen MR) is 56.2 cm³/mol. The molecule has 0 bridgehead atoms. The van der Waals surface area contributed by atoms with Gasteiger partial charge in [-0.15, -0.1) is 0 Å². The first-order valence-corrected chi connectivity index (χ1v) is 5.08. The van der Waals surface area contributed by atoms with Crippen molar-refractivity contribution >= 4 is 22.6 Å². The molecule has 68 valence electrons. The zero-order chi connectivity index (χ0) is 9.14. The van der Waals surface area contributed by atoms with Gasteiger partial charge in [0.2, 0.25) is 0 Å². The minimum atomic E-state index is 0.154. The molecule has 3 nitrogen and oxygen atoms in total. The van der Waals surface area contributed by atoms with Crippen molar-refractivity contribution in [2.45, 2.75) is 26.2 Å². The van der Waals surface area contributed by atoms with E-state index in [4.69, 9.17) is 5.11 Å². The monoisotopic (exact) mass is 280 g/mol. The smallest absolute Gasteiger partial charge is 0.122 e. The van der Waals surface area contributed by atoms with Gasteiger partial charge in [0.15, 0.2) is 0 Å². The number of imidazole rings is 1. The average molecular weight is 280 g/mol. The fourth-order valence-corrected chi connectivity index (χ4v) is 2.07. The summed E-state index contributed by atoms with van der Waals surface area (Å²) in [6, 6.07) is 0. The maximum atomic E-state index is 8.70. The third-order valence-electron chi connectivity index (χ3n) is 1.66. The normalized spacial score (nSPS) is 11.1. The second-order valence-corrected chi connectivity index (χ2v) is 4.04. The second-order valence-electron chi connectivity index (χ2n) is 3.02. The molecule has 4 heteroatoms. The van der Waals surface area contributed by atoms with E-state index in [1.807, 2.05) is 0 Å². The highest BCUT2D eigenvalue weighted by atomic mass is 127. The first kappa shape index (κ1) is 9.98. The van der Waals surface area contributed by atoms with Crippen molar-refractivity contribution < 1.29 is 5.11 Å². The number of aliphatic hydroxyl groups is 1. The Morgan fingerprint density at radius 3 is 2.67 bits per heavy atom. The number of nitrogens with zero attached hydrogens (tertiary/aromatic N) is 1. The van der Waals surface area contributed by atoms with Crippen LogP contribution in [0.3, 0.4) is 0 Å². The van der Waals surface area contributed by atoms with E-state index in [2.05, 4.69) is 46.4 Å². The van der Waals surface area contributed by atoms with Gasteiger partial charge in [-0.25, -0.2) is 4.98 Å². The topological polar surface area (TPSA) is 48.9 Å². The number of nitrogens with one attached hydrogen (secondary N) is 1. The second kappa shape index (κ2) is 4.23. The molecule has 0 aliphatic carbocycles. The van der Waals surface area contributed by atoms with E-state index < -0.39 is 0 Å². The molecule has 1 heterocycles. The molecule has 1 aromatic heterocycles. The highest BCUT2D eigenvalue weighted by Crippen LogP contribution is 2.18. The maximum Gasteiger partial charge on any atom is 0.122 e. The van der Waals surface area contributed by atoms with Crippen molar-refractivity contribution in [1.29, 1.82) is 0 Å². The molecule has 0 amide bonds. The Morgan fingerprint density at radius 2 is 2.25 bits per heavy atom. The zero-order valence-corrected chi connectivity index (χ0v) is 9.42. The van der Waals surface area contributed by atoms with Crippen LogP contribution in [0.1, 0.15) is 31.3 Å². The predicted octanol–water partition coefficient (Wildman–Crippen LogP) is 1.67. The summed E-state index contributed by atoms with van der Waals surface area (Å²) < 4.78 is 1.02. The van der Waals surface area contributed by atoms with Crippen molar-refractivity contribution in [3.63, 3.8) is 0 Å². The van der Waals surface area contributed by atoms with Crippen LogP contribution in [0.4, 0.5) is 0 Å². The van der Waals surface area contributed by atoms with Gasteiger partial charge in [-0.1, -0.05) is 13.8 Å². The first-order valence-electron chi connectivity index (χ1n) is 4.00. The van der Waals surface area contributed by atoms with Crippen LogP contribution in [-0.2, 0) is 6.42 Å². The quantitative estimate of drug-likeness (QED) is 0.827. The molecule has 0 saturated heterocycles. The number of hydrogen-bond donors (Lipinski definition) is 2. The van der Waals surface area contributed by atoms with Crippen LogP contribution in [0.5, 0.6) is 0 Å². The zero-order valence-electron chi connectivity index (χ0n) is 7.26. The maximum absolute atomic E-state index is 8.70. The lowest BCUT2D eigenvalue weighted by atomic mass is 10.2. The van der Waals surface area contributed by atoms with Gasteiger partial charge in [0.1, 0.15) is 9.53 Å². The van der Waals surface area contributed by atoms with E-state index in [0.717, 1.165) is 9.53 Å². The van der Waals surface area contributed by atoms with Gasteiger partial charge in [0.25, 0.3) is 0 Å². The van der Waals surface area contributed by atoms with Crippen LogP contribution >= 0.6 is 22.6 Å². The van der Waals surface area contributed by atoms with Crippen molar-refractivity contribution in [3.05, 3.63) is 15.2 Å². The van der Waals surface area contributed by atoms with Crippen LogP contribution in [0.25, 0.3) is 0 Å². The van der Waals surface area contributed by atoms with Crippen LogP contribution < -0.4 is 0 Å². The summed E-state index contributed by atoms with van der Waals surface area (Å²) in [5.74, 6) is 1.35. The summed E-state index contributed by atoms with van der Waals surface area (Å²) >= 11 is 2.21. The summed E-state index contributed by atoms with van der Waals surface area (Å²) in [6.45, 7) is 4.40. The Labute approximate surface area is 85.7 Å². The number of halogens is 1. The van der Waals surface area contributed by atoms with E-state index in [1.165, 1.54) is 5.69 Å². The molecule has 0 radical (unpaired) electrons. The fourth-order valence-electron chi connectivity index (χ4n) is 1.02. The molecule has 12 heavy (non-hydrogen) atoms. The van der Waals surface area contributed by atoms with E-state index in [9.17, 15) is 0 Å². The molecule has 0 aromatic carbocycles. The number of aliphatic hydroxyl groups excluding tert-OH is 1. The van der Waals surface area contributed by atoms with E-state index >= 15 is 0 Å². The molecule has 0 aliphatic heterocycles. The van der Waals surface area contributed by atoms with Crippen LogP contribution in [-0.4, -0.2) is 21.7 Å². The third-order valence-corrected chi connectivity index (χ3v) is 2.48. The molecule has 0 saturated carbocycles. The molecular weight excluding hydrogens is 267 g/mol.